The Morgan fingerprint density at radius 1 is 1.25 bits per heavy atom. The molecule has 0 aliphatic carbocycles. The molecule has 102 valence electrons. The minimum absolute atomic E-state index is 0.523. The molecule has 3 aromatic rings. The smallest absolute Gasteiger partial charge is 0.226 e. The van der Waals surface area contributed by atoms with E-state index in [0.29, 0.717) is 17.4 Å². The molecule has 0 aliphatic heterocycles. The third kappa shape index (κ3) is 2.32. The van der Waals surface area contributed by atoms with E-state index in [9.17, 15) is 0 Å². The molecular weight excluding hydrogens is 320 g/mol. The maximum atomic E-state index is 4.43. The second kappa shape index (κ2) is 5.09. The van der Waals surface area contributed by atoms with Crippen LogP contribution in [0.1, 0.15) is 5.56 Å². The van der Waals surface area contributed by atoms with Gasteiger partial charge in [-0.3, -0.25) is 0 Å². The molecule has 0 unspecified atom stereocenters. The van der Waals surface area contributed by atoms with E-state index in [0.717, 1.165) is 15.7 Å². The summed E-state index contributed by atoms with van der Waals surface area (Å²) in [6.07, 6.45) is 1.61. The van der Waals surface area contributed by atoms with Gasteiger partial charge in [0.1, 0.15) is 5.52 Å². The topological polar surface area (TPSA) is 78.5 Å². The van der Waals surface area contributed by atoms with Crippen LogP contribution in [0, 0.1) is 6.92 Å². The number of aryl methyl sites for hydroxylation is 1. The van der Waals surface area contributed by atoms with Crippen LogP contribution >= 0.6 is 15.9 Å². The maximum Gasteiger partial charge on any atom is 0.226 e. The summed E-state index contributed by atoms with van der Waals surface area (Å²) in [5, 5.41) is 6.22. The molecule has 3 rings (SSSR count). The Bertz CT molecular complexity index is 767. The Kier molecular flexibility index (Phi) is 3.27. The van der Waals surface area contributed by atoms with E-state index in [2.05, 4.69) is 46.5 Å². The average Bonchev–Trinajstić information content (AvgIpc) is 2.90. The Labute approximate surface area is 124 Å². The SMILES string of the molecule is CNc1nc(Nc2ccc(C)cc2Br)c2[nH]cnc2n1. The van der Waals surface area contributed by atoms with E-state index < -0.39 is 0 Å². The second-order valence-corrected chi connectivity index (χ2v) is 5.21. The molecule has 0 bridgehead atoms. The summed E-state index contributed by atoms with van der Waals surface area (Å²) in [5.41, 5.74) is 3.52. The van der Waals surface area contributed by atoms with E-state index in [1.807, 2.05) is 25.1 Å². The standard InChI is InChI=1S/C13H13BrN6/c1-7-3-4-9(8(14)5-7)18-12-10-11(17-6-16-10)19-13(15-2)20-12/h3-6H,1-2H3,(H3,15,16,17,18,19,20). The van der Waals surface area contributed by atoms with Crippen molar-refractivity contribution in [2.75, 3.05) is 17.7 Å². The Hall–Kier alpha value is -2.15. The fourth-order valence-electron chi connectivity index (χ4n) is 1.88. The molecule has 0 aliphatic rings. The van der Waals surface area contributed by atoms with Crippen molar-refractivity contribution in [2.24, 2.45) is 0 Å². The molecule has 20 heavy (non-hydrogen) atoms. The van der Waals surface area contributed by atoms with Crippen LogP contribution in [-0.4, -0.2) is 27.0 Å². The summed E-state index contributed by atoms with van der Waals surface area (Å²) in [7, 11) is 1.78. The fourth-order valence-corrected chi connectivity index (χ4v) is 2.48. The van der Waals surface area contributed by atoms with Crippen LogP contribution in [0.3, 0.4) is 0 Å². The minimum Gasteiger partial charge on any atom is -0.357 e. The first-order valence-corrected chi connectivity index (χ1v) is 6.88. The van der Waals surface area contributed by atoms with Gasteiger partial charge in [0.15, 0.2) is 11.5 Å². The fraction of sp³-hybridized carbons (Fsp3) is 0.154. The van der Waals surface area contributed by atoms with E-state index in [-0.39, 0.29) is 0 Å². The predicted molar refractivity (Wildman–Crippen MR) is 83.4 cm³/mol. The normalized spacial score (nSPS) is 10.8. The van der Waals surface area contributed by atoms with Gasteiger partial charge in [-0.25, -0.2) is 4.98 Å². The van der Waals surface area contributed by atoms with Gasteiger partial charge in [0, 0.05) is 11.5 Å². The van der Waals surface area contributed by atoms with Gasteiger partial charge in [-0.15, -0.1) is 0 Å². The molecule has 0 amide bonds. The number of benzene rings is 1. The highest BCUT2D eigenvalue weighted by atomic mass is 79.9. The Morgan fingerprint density at radius 2 is 2.10 bits per heavy atom. The van der Waals surface area contributed by atoms with Crippen LogP contribution in [0.5, 0.6) is 0 Å². The van der Waals surface area contributed by atoms with Crippen LogP contribution in [-0.2, 0) is 0 Å². The first-order valence-electron chi connectivity index (χ1n) is 6.09. The van der Waals surface area contributed by atoms with Crippen LogP contribution < -0.4 is 10.6 Å². The number of halogens is 1. The lowest BCUT2D eigenvalue weighted by atomic mass is 10.2. The molecule has 0 radical (unpaired) electrons. The van der Waals surface area contributed by atoms with Crippen molar-refractivity contribution in [3.05, 3.63) is 34.6 Å². The number of hydrogen-bond acceptors (Lipinski definition) is 5. The Balaban J connectivity index is 2.07. The number of H-pyrrole nitrogens is 1. The minimum atomic E-state index is 0.523. The van der Waals surface area contributed by atoms with Crippen molar-refractivity contribution in [1.29, 1.82) is 0 Å². The molecule has 0 saturated carbocycles. The van der Waals surface area contributed by atoms with Gasteiger partial charge in [-0.1, -0.05) is 6.07 Å². The van der Waals surface area contributed by atoms with Gasteiger partial charge in [-0.2, -0.15) is 9.97 Å². The van der Waals surface area contributed by atoms with Gasteiger partial charge < -0.3 is 15.6 Å². The lowest BCUT2D eigenvalue weighted by Crippen LogP contribution is -2.02. The van der Waals surface area contributed by atoms with Crippen molar-refractivity contribution in [3.63, 3.8) is 0 Å². The van der Waals surface area contributed by atoms with Crippen LogP contribution in [0.4, 0.5) is 17.5 Å². The summed E-state index contributed by atoms with van der Waals surface area (Å²) >= 11 is 3.55. The second-order valence-electron chi connectivity index (χ2n) is 4.36. The van der Waals surface area contributed by atoms with Gasteiger partial charge in [0.2, 0.25) is 5.95 Å². The third-order valence-corrected chi connectivity index (χ3v) is 3.54. The molecule has 0 saturated heterocycles. The maximum absolute atomic E-state index is 4.43. The number of anilines is 3. The number of imidazole rings is 1. The van der Waals surface area contributed by atoms with E-state index in [1.54, 1.807) is 13.4 Å². The summed E-state index contributed by atoms with van der Waals surface area (Å²) in [5.74, 6) is 1.21. The van der Waals surface area contributed by atoms with Crippen molar-refractivity contribution >= 4 is 44.5 Å². The van der Waals surface area contributed by atoms with Gasteiger partial charge in [0.25, 0.3) is 0 Å². The first-order chi connectivity index (χ1) is 9.67. The van der Waals surface area contributed by atoms with Gasteiger partial charge >= 0.3 is 0 Å². The van der Waals surface area contributed by atoms with Crippen molar-refractivity contribution in [3.8, 4) is 0 Å². The summed E-state index contributed by atoms with van der Waals surface area (Å²) in [4.78, 5) is 15.9. The highest BCUT2D eigenvalue weighted by molar-refractivity contribution is 9.10. The van der Waals surface area contributed by atoms with E-state index >= 15 is 0 Å². The summed E-state index contributed by atoms with van der Waals surface area (Å²) in [6.45, 7) is 2.05. The zero-order chi connectivity index (χ0) is 14.1. The average molecular weight is 333 g/mol. The number of rotatable bonds is 3. The number of fused-ring (bicyclic) bond motifs is 1. The summed E-state index contributed by atoms with van der Waals surface area (Å²) < 4.78 is 0.981. The van der Waals surface area contributed by atoms with Gasteiger partial charge in [-0.05, 0) is 40.5 Å². The van der Waals surface area contributed by atoms with Crippen LogP contribution in [0.25, 0.3) is 11.2 Å². The van der Waals surface area contributed by atoms with Crippen molar-refractivity contribution < 1.29 is 0 Å². The zero-order valence-electron chi connectivity index (χ0n) is 11.0. The zero-order valence-corrected chi connectivity index (χ0v) is 12.6. The molecule has 3 N–H and O–H groups in total. The quantitative estimate of drug-likeness (QED) is 0.686. The number of aromatic amines is 1. The first kappa shape index (κ1) is 12.9. The molecule has 6 nitrogen and oxygen atoms in total. The molecule has 0 atom stereocenters. The van der Waals surface area contributed by atoms with Crippen molar-refractivity contribution in [2.45, 2.75) is 6.92 Å². The third-order valence-electron chi connectivity index (χ3n) is 2.89. The molecule has 7 heteroatoms. The summed E-state index contributed by atoms with van der Waals surface area (Å²) in [6, 6.07) is 6.09. The molecule has 2 heterocycles. The largest absolute Gasteiger partial charge is 0.357 e. The van der Waals surface area contributed by atoms with E-state index in [4.69, 9.17) is 0 Å². The monoisotopic (exact) mass is 332 g/mol. The molecular formula is C13H13BrN6. The molecule has 0 fully saturated rings. The number of hydrogen-bond donors (Lipinski definition) is 3. The lowest BCUT2D eigenvalue weighted by Gasteiger charge is -2.10. The highest BCUT2D eigenvalue weighted by Crippen LogP contribution is 2.28. The van der Waals surface area contributed by atoms with Crippen LogP contribution in [0.15, 0.2) is 29.0 Å². The molecule has 1 aromatic carbocycles. The molecule has 2 aromatic heterocycles. The Morgan fingerprint density at radius 3 is 2.85 bits per heavy atom. The van der Waals surface area contributed by atoms with Crippen LogP contribution in [0.2, 0.25) is 0 Å². The number of nitrogens with one attached hydrogen (secondary N) is 3. The number of aromatic nitrogens is 4. The van der Waals surface area contributed by atoms with Crippen molar-refractivity contribution in [1.82, 2.24) is 19.9 Å². The lowest BCUT2D eigenvalue weighted by molar-refractivity contribution is 1.18. The van der Waals surface area contributed by atoms with Gasteiger partial charge in [0.05, 0.1) is 12.0 Å². The predicted octanol–water partition coefficient (Wildman–Crippen LogP) is 3.21. The number of nitrogens with zero attached hydrogens (tertiary/aromatic N) is 3. The molecule has 0 spiro atoms. The highest BCUT2D eigenvalue weighted by Gasteiger charge is 2.10. The van der Waals surface area contributed by atoms with E-state index in [1.165, 1.54) is 5.56 Å².